The molecule has 6 aliphatic rings. The topological polar surface area (TPSA) is 60.7 Å². The largest absolute Gasteiger partial charge is 0.396 e. The molecule has 8 atom stereocenters. The second-order valence-corrected chi connectivity index (χ2v) is 10.6. The van der Waals surface area contributed by atoms with E-state index in [4.69, 9.17) is 0 Å². The van der Waals surface area contributed by atoms with E-state index in [-0.39, 0.29) is 24.7 Å². The van der Waals surface area contributed by atoms with E-state index in [0.29, 0.717) is 29.1 Å². The first-order valence-corrected chi connectivity index (χ1v) is 9.73. The quantitative estimate of drug-likeness (QED) is 0.733. The van der Waals surface area contributed by atoms with Crippen molar-refractivity contribution >= 4 is 0 Å². The summed E-state index contributed by atoms with van der Waals surface area (Å²) in [6, 6.07) is 0. The van der Waals surface area contributed by atoms with Crippen LogP contribution < -0.4 is 0 Å². The second kappa shape index (κ2) is 4.16. The maximum absolute atomic E-state index is 10.6. The lowest BCUT2D eigenvalue weighted by Crippen LogP contribution is -2.62. The molecule has 6 fully saturated rings. The van der Waals surface area contributed by atoms with E-state index >= 15 is 0 Å². The predicted molar refractivity (Wildman–Crippen MR) is 87.5 cm³/mol. The maximum Gasteiger partial charge on any atom is 0.0552 e. The Morgan fingerprint density at radius 3 is 2.26 bits per heavy atom. The minimum Gasteiger partial charge on any atom is -0.396 e. The van der Waals surface area contributed by atoms with Crippen LogP contribution in [0.3, 0.4) is 0 Å². The summed E-state index contributed by atoms with van der Waals surface area (Å²) in [7, 11) is 0. The number of hydrogen-bond acceptors (Lipinski definition) is 3. The Hall–Kier alpha value is -0.120. The highest BCUT2D eigenvalue weighted by Crippen LogP contribution is 2.85. The van der Waals surface area contributed by atoms with Crippen LogP contribution >= 0.6 is 0 Å². The van der Waals surface area contributed by atoms with Crippen LogP contribution in [-0.4, -0.2) is 34.6 Å². The third-order valence-corrected chi connectivity index (χ3v) is 9.87. The molecule has 0 amide bonds. The van der Waals surface area contributed by atoms with Gasteiger partial charge in [-0.2, -0.15) is 0 Å². The summed E-state index contributed by atoms with van der Waals surface area (Å²) in [6.07, 6.45) is 7.67. The molecule has 4 bridgehead atoms. The monoisotopic (exact) mass is 320 g/mol. The Balaban J connectivity index is 1.56. The first-order chi connectivity index (χ1) is 10.8. The van der Waals surface area contributed by atoms with Gasteiger partial charge in [0.2, 0.25) is 0 Å². The molecule has 6 aliphatic carbocycles. The lowest BCUT2D eigenvalue weighted by atomic mass is 9.39. The molecule has 0 aromatic carbocycles. The summed E-state index contributed by atoms with van der Waals surface area (Å²) in [5, 5.41) is 30.8. The Morgan fingerprint density at radius 1 is 0.913 bits per heavy atom. The molecular formula is C20H32O3. The number of aliphatic hydroxyl groups excluding tert-OH is 3. The van der Waals surface area contributed by atoms with E-state index in [1.54, 1.807) is 0 Å². The highest BCUT2D eigenvalue weighted by Gasteiger charge is 2.78. The second-order valence-electron chi connectivity index (χ2n) is 10.6. The number of fused-ring (bicyclic) bond motifs is 1. The van der Waals surface area contributed by atoms with Crippen molar-refractivity contribution in [2.24, 2.45) is 45.3 Å². The fraction of sp³-hybridized carbons (Fsp3) is 1.00. The SMILES string of the molecule is CC12CC34CCC5C(CO)(CO)CC(O)CC5(C)C3CC1C2C4. The Labute approximate surface area is 139 Å². The summed E-state index contributed by atoms with van der Waals surface area (Å²) < 4.78 is 0. The molecule has 6 saturated carbocycles. The average Bonchev–Trinajstić information content (AvgIpc) is 2.96. The highest BCUT2D eigenvalue weighted by atomic mass is 16.3. The average molecular weight is 320 g/mol. The fourth-order valence-electron chi connectivity index (χ4n) is 9.09. The molecule has 8 unspecified atom stereocenters. The number of hydrogen-bond donors (Lipinski definition) is 3. The summed E-state index contributed by atoms with van der Waals surface area (Å²) in [4.78, 5) is 0. The van der Waals surface area contributed by atoms with Crippen molar-refractivity contribution in [1.82, 2.24) is 0 Å². The third kappa shape index (κ3) is 1.54. The van der Waals surface area contributed by atoms with Gasteiger partial charge in [-0.15, -0.1) is 0 Å². The van der Waals surface area contributed by atoms with Gasteiger partial charge in [0, 0.05) is 5.41 Å². The normalized spacial score (nSPS) is 61.7. The maximum atomic E-state index is 10.6. The van der Waals surface area contributed by atoms with Crippen LogP contribution in [0.15, 0.2) is 0 Å². The lowest BCUT2D eigenvalue weighted by Gasteiger charge is -2.66. The molecule has 3 nitrogen and oxygen atoms in total. The smallest absolute Gasteiger partial charge is 0.0552 e. The summed E-state index contributed by atoms with van der Waals surface area (Å²) in [5.41, 5.74) is 0.767. The van der Waals surface area contributed by atoms with Crippen LogP contribution in [0.25, 0.3) is 0 Å². The summed E-state index contributed by atoms with van der Waals surface area (Å²) >= 11 is 0. The summed E-state index contributed by atoms with van der Waals surface area (Å²) in [6.45, 7) is 4.95. The molecular weight excluding hydrogens is 288 g/mol. The molecule has 6 rings (SSSR count). The molecule has 0 heterocycles. The van der Waals surface area contributed by atoms with E-state index in [2.05, 4.69) is 13.8 Å². The van der Waals surface area contributed by atoms with Gasteiger partial charge in [0.25, 0.3) is 0 Å². The van der Waals surface area contributed by atoms with Crippen LogP contribution in [0.2, 0.25) is 0 Å². The Kier molecular flexibility index (Phi) is 2.74. The van der Waals surface area contributed by atoms with Crippen LogP contribution in [-0.2, 0) is 0 Å². The van der Waals surface area contributed by atoms with Gasteiger partial charge >= 0.3 is 0 Å². The summed E-state index contributed by atoms with van der Waals surface area (Å²) in [5.74, 6) is 2.96. The highest BCUT2D eigenvalue weighted by molar-refractivity contribution is 5.27. The van der Waals surface area contributed by atoms with Crippen LogP contribution in [0, 0.1) is 45.3 Å². The molecule has 0 aromatic heterocycles. The molecule has 3 N–H and O–H groups in total. The van der Waals surface area contributed by atoms with Crippen molar-refractivity contribution in [3.63, 3.8) is 0 Å². The van der Waals surface area contributed by atoms with Gasteiger partial charge < -0.3 is 15.3 Å². The van der Waals surface area contributed by atoms with Gasteiger partial charge in [-0.3, -0.25) is 0 Å². The van der Waals surface area contributed by atoms with Gasteiger partial charge in [-0.25, -0.2) is 0 Å². The molecule has 0 aliphatic heterocycles. The van der Waals surface area contributed by atoms with Crippen molar-refractivity contribution in [1.29, 1.82) is 0 Å². The van der Waals surface area contributed by atoms with Crippen LogP contribution in [0.1, 0.15) is 58.8 Å². The zero-order valence-electron chi connectivity index (χ0n) is 14.6. The van der Waals surface area contributed by atoms with Gasteiger partial charge in [-0.05, 0) is 84.9 Å². The molecule has 1 spiro atoms. The third-order valence-electron chi connectivity index (χ3n) is 9.87. The molecule has 0 aromatic rings. The van der Waals surface area contributed by atoms with Crippen LogP contribution in [0.4, 0.5) is 0 Å². The number of aliphatic hydroxyl groups is 3. The van der Waals surface area contributed by atoms with Crippen molar-refractivity contribution in [3.05, 3.63) is 0 Å². The standard InChI is InChI=1S/C20H32O3/c1-17-6-12(23)7-20(10-21,11-22)15(17)3-4-19-8-14-13(5-16(17)19)18(14,2)9-19/h12-16,21-23H,3-11H2,1-2H3. The van der Waals surface area contributed by atoms with E-state index in [1.165, 1.54) is 25.7 Å². The van der Waals surface area contributed by atoms with E-state index in [0.717, 1.165) is 24.7 Å². The van der Waals surface area contributed by atoms with E-state index in [1.807, 2.05) is 0 Å². The number of rotatable bonds is 2. The Morgan fingerprint density at radius 2 is 1.65 bits per heavy atom. The van der Waals surface area contributed by atoms with Crippen molar-refractivity contribution in [2.75, 3.05) is 13.2 Å². The van der Waals surface area contributed by atoms with E-state index < -0.39 is 5.41 Å². The molecule has 3 heteroatoms. The van der Waals surface area contributed by atoms with Crippen molar-refractivity contribution < 1.29 is 15.3 Å². The van der Waals surface area contributed by atoms with E-state index in [9.17, 15) is 15.3 Å². The van der Waals surface area contributed by atoms with Crippen LogP contribution in [0.5, 0.6) is 0 Å². The van der Waals surface area contributed by atoms with Gasteiger partial charge in [-0.1, -0.05) is 13.8 Å². The zero-order chi connectivity index (χ0) is 16.3. The molecule has 23 heavy (non-hydrogen) atoms. The predicted octanol–water partition coefficient (Wildman–Crippen LogP) is 2.58. The van der Waals surface area contributed by atoms with Gasteiger partial charge in [0.05, 0.1) is 19.3 Å². The van der Waals surface area contributed by atoms with Gasteiger partial charge in [0.1, 0.15) is 0 Å². The molecule has 0 saturated heterocycles. The van der Waals surface area contributed by atoms with Crippen molar-refractivity contribution in [3.8, 4) is 0 Å². The van der Waals surface area contributed by atoms with Crippen molar-refractivity contribution in [2.45, 2.75) is 64.9 Å². The minimum atomic E-state index is -0.471. The van der Waals surface area contributed by atoms with Gasteiger partial charge in [0.15, 0.2) is 0 Å². The fourth-order valence-corrected chi connectivity index (χ4v) is 9.09. The first kappa shape index (κ1) is 15.2. The minimum absolute atomic E-state index is 0.0182. The zero-order valence-corrected chi connectivity index (χ0v) is 14.6. The molecule has 130 valence electrons. The Bertz CT molecular complexity index is 543. The first-order valence-electron chi connectivity index (χ1n) is 9.73. The lowest BCUT2D eigenvalue weighted by molar-refractivity contribution is -0.209. The molecule has 0 radical (unpaired) electrons.